The van der Waals surface area contributed by atoms with Gasteiger partial charge in [-0.2, -0.15) is 4.31 Å². The van der Waals surface area contributed by atoms with E-state index < -0.39 is 10.0 Å². The van der Waals surface area contributed by atoms with E-state index in [-0.39, 0.29) is 16.2 Å². The third-order valence-electron chi connectivity index (χ3n) is 4.14. The van der Waals surface area contributed by atoms with Crippen LogP contribution in [0.15, 0.2) is 16.6 Å². The lowest BCUT2D eigenvalue weighted by atomic mass is 10.1. The molecule has 1 aliphatic rings. The summed E-state index contributed by atoms with van der Waals surface area (Å²) in [5, 5.41) is 1.96. The van der Waals surface area contributed by atoms with E-state index in [0.29, 0.717) is 4.96 Å². The van der Waals surface area contributed by atoms with Gasteiger partial charge in [0.2, 0.25) is 0 Å². The summed E-state index contributed by atoms with van der Waals surface area (Å²) >= 11 is 7.45. The van der Waals surface area contributed by atoms with Crippen molar-refractivity contribution in [1.29, 1.82) is 0 Å². The van der Waals surface area contributed by atoms with E-state index in [1.807, 2.05) is 5.38 Å². The predicted octanol–water partition coefficient (Wildman–Crippen LogP) is 3.39. The summed E-state index contributed by atoms with van der Waals surface area (Å²) in [6.07, 6.45) is 8.07. The molecule has 5 nitrogen and oxygen atoms in total. The summed E-state index contributed by atoms with van der Waals surface area (Å²) in [5.41, 5.74) is 0. The molecule has 0 atom stereocenters. The van der Waals surface area contributed by atoms with Crippen molar-refractivity contribution < 1.29 is 8.42 Å². The lowest BCUT2D eigenvalue weighted by Crippen LogP contribution is -2.37. The molecule has 1 fully saturated rings. The molecule has 0 radical (unpaired) electrons. The number of nitrogens with zero attached hydrogens (tertiary/aromatic N) is 3. The Labute approximate surface area is 133 Å². The fraction of sp³-hybridized carbons (Fsp3) is 0.615. The molecule has 0 unspecified atom stereocenters. The Balaban J connectivity index is 1.99. The number of aromatic nitrogens is 2. The fourth-order valence-corrected chi connectivity index (χ4v) is 5.74. The molecule has 0 aromatic carbocycles. The van der Waals surface area contributed by atoms with Crippen LogP contribution in [0, 0.1) is 0 Å². The predicted molar refractivity (Wildman–Crippen MR) is 84.5 cm³/mol. The van der Waals surface area contributed by atoms with Gasteiger partial charge in [-0.05, 0) is 12.8 Å². The maximum atomic E-state index is 12.9. The summed E-state index contributed by atoms with van der Waals surface area (Å²) in [7, 11) is -1.97. The van der Waals surface area contributed by atoms with E-state index in [4.69, 9.17) is 11.6 Å². The van der Waals surface area contributed by atoms with E-state index in [1.165, 1.54) is 28.5 Å². The van der Waals surface area contributed by atoms with Gasteiger partial charge in [0.05, 0.1) is 0 Å². The van der Waals surface area contributed by atoms with Gasteiger partial charge in [-0.15, -0.1) is 11.3 Å². The summed E-state index contributed by atoms with van der Waals surface area (Å²) in [5.74, 6) is 0. The highest BCUT2D eigenvalue weighted by Crippen LogP contribution is 2.31. The number of hydrogen-bond acceptors (Lipinski definition) is 4. The van der Waals surface area contributed by atoms with Crippen molar-refractivity contribution in [3.05, 3.63) is 16.7 Å². The quantitative estimate of drug-likeness (QED) is 0.800. The molecule has 0 spiro atoms. The minimum atomic E-state index is -3.63. The van der Waals surface area contributed by atoms with Gasteiger partial charge >= 0.3 is 0 Å². The highest BCUT2D eigenvalue weighted by molar-refractivity contribution is 7.89. The molecule has 0 amide bonds. The van der Waals surface area contributed by atoms with E-state index in [0.717, 1.165) is 25.7 Å². The minimum Gasteiger partial charge on any atom is -0.279 e. The first-order valence-corrected chi connectivity index (χ1v) is 9.80. The Bertz CT molecular complexity index is 730. The van der Waals surface area contributed by atoms with Crippen LogP contribution < -0.4 is 0 Å². The molecule has 0 aliphatic heterocycles. The van der Waals surface area contributed by atoms with Crippen molar-refractivity contribution in [2.75, 3.05) is 7.05 Å². The smallest absolute Gasteiger partial charge is 0.262 e. The van der Waals surface area contributed by atoms with Crippen LogP contribution in [-0.4, -0.2) is 35.2 Å². The average Bonchev–Trinajstić information content (AvgIpc) is 2.86. The van der Waals surface area contributed by atoms with Crippen LogP contribution in [-0.2, 0) is 10.0 Å². The lowest BCUT2D eigenvalue weighted by molar-refractivity contribution is 0.334. The van der Waals surface area contributed by atoms with Gasteiger partial charge in [-0.3, -0.25) is 4.40 Å². The Morgan fingerprint density at radius 1 is 1.33 bits per heavy atom. The molecule has 1 aliphatic carbocycles. The summed E-state index contributed by atoms with van der Waals surface area (Å²) in [6, 6.07) is 0.0535. The zero-order valence-corrected chi connectivity index (χ0v) is 14.2. The molecular weight excluding hydrogens is 330 g/mol. The molecule has 0 saturated heterocycles. The first-order valence-electron chi connectivity index (χ1n) is 7.11. The highest BCUT2D eigenvalue weighted by Gasteiger charge is 2.33. The summed E-state index contributed by atoms with van der Waals surface area (Å²) < 4.78 is 28.9. The fourth-order valence-electron chi connectivity index (χ4n) is 2.92. The number of sulfonamides is 1. The molecule has 2 aromatic heterocycles. The average molecular weight is 348 g/mol. The van der Waals surface area contributed by atoms with Crippen LogP contribution in [0.3, 0.4) is 0 Å². The van der Waals surface area contributed by atoms with Gasteiger partial charge in [-0.25, -0.2) is 13.4 Å². The third-order valence-corrected chi connectivity index (χ3v) is 7.21. The molecule has 3 rings (SSSR count). The highest BCUT2D eigenvalue weighted by atomic mass is 35.5. The first-order chi connectivity index (χ1) is 10.0. The van der Waals surface area contributed by atoms with Crippen LogP contribution in [0.2, 0.25) is 5.15 Å². The molecule has 8 heteroatoms. The second-order valence-electron chi connectivity index (χ2n) is 5.43. The van der Waals surface area contributed by atoms with Crippen LogP contribution in [0.25, 0.3) is 4.96 Å². The summed E-state index contributed by atoms with van der Waals surface area (Å²) in [6.45, 7) is 0. The van der Waals surface area contributed by atoms with Gasteiger partial charge < -0.3 is 0 Å². The Kier molecular flexibility index (Phi) is 4.27. The van der Waals surface area contributed by atoms with Crippen molar-refractivity contribution in [2.45, 2.75) is 49.6 Å². The van der Waals surface area contributed by atoms with Gasteiger partial charge in [0, 0.05) is 24.7 Å². The van der Waals surface area contributed by atoms with Gasteiger partial charge in [0.15, 0.2) is 15.1 Å². The van der Waals surface area contributed by atoms with E-state index in [1.54, 1.807) is 17.6 Å². The zero-order chi connectivity index (χ0) is 15.0. The number of thiazole rings is 1. The second kappa shape index (κ2) is 5.87. The van der Waals surface area contributed by atoms with Crippen molar-refractivity contribution in [1.82, 2.24) is 13.7 Å². The second-order valence-corrected chi connectivity index (χ2v) is 8.57. The topological polar surface area (TPSA) is 54.7 Å². The molecule has 0 N–H and O–H groups in total. The molecule has 116 valence electrons. The number of rotatable bonds is 3. The number of imidazole rings is 1. The molecular formula is C13H18ClN3O2S2. The largest absolute Gasteiger partial charge is 0.279 e. The normalized spacial score (nSPS) is 18.4. The molecule has 2 aromatic rings. The van der Waals surface area contributed by atoms with Crippen LogP contribution in [0.4, 0.5) is 0 Å². The van der Waals surface area contributed by atoms with Gasteiger partial charge in [-0.1, -0.05) is 37.3 Å². The molecule has 21 heavy (non-hydrogen) atoms. The maximum absolute atomic E-state index is 12.9. The Hall–Kier alpha value is -0.630. The van der Waals surface area contributed by atoms with E-state index in [9.17, 15) is 8.42 Å². The standard InChI is InChI=1S/C13H18ClN3O2S2/c1-16(10-6-4-2-3-5-7-10)21(18,19)12-11(14)15-13-17(12)8-9-20-13/h8-10H,2-7H2,1H3. The van der Waals surface area contributed by atoms with E-state index in [2.05, 4.69) is 4.98 Å². The Morgan fingerprint density at radius 3 is 2.67 bits per heavy atom. The SMILES string of the molecule is CN(C1CCCCCC1)S(=O)(=O)c1c(Cl)nc2sccn12. The van der Waals surface area contributed by atoms with Crippen LogP contribution in [0.5, 0.6) is 0 Å². The van der Waals surface area contributed by atoms with Crippen LogP contribution in [0.1, 0.15) is 38.5 Å². The number of halogens is 1. The third kappa shape index (κ3) is 2.72. The zero-order valence-electron chi connectivity index (χ0n) is 11.8. The first kappa shape index (κ1) is 15.3. The van der Waals surface area contributed by atoms with Crippen molar-refractivity contribution in [2.24, 2.45) is 0 Å². The van der Waals surface area contributed by atoms with Crippen molar-refractivity contribution in [3.8, 4) is 0 Å². The molecule has 2 heterocycles. The van der Waals surface area contributed by atoms with Crippen LogP contribution >= 0.6 is 22.9 Å². The van der Waals surface area contributed by atoms with Crippen molar-refractivity contribution in [3.63, 3.8) is 0 Å². The number of fused-ring (bicyclic) bond motifs is 1. The maximum Gasteiger partial charge on any atom is 0.262 e. The summed E-state index contributed by atoms with van der Waals surface area (Å²) in [4.78, 5) is 4.73. The monoisotopic (exact) mass is 347 g/mol. The van der Waals surface area contributed by atoms with Gasteiger partial charge in [0.1, 0.15) is 0 Å². The van der Waals surface area contributed by atoms with Crippen molar-refractivity contribution >= 4 is 37.9 Å². The molecule has 0 bridgehead atoms. The minimum absolute atomic E-state index is 0.0535. The lowest BCUT2D eigenvalue weighted by Gasteiger charge is -2.26. The van der Waals surface area contributed by atoms with E-state index >= 15 is 0 Å². The molecule has 1 saturated carbocycles. The Morgan fingerprint density at radius 2 is 2.00 bits per heavy atom. The van der Waals surface area contributed by atoms with Gasteiger partial charge in [0.25, 0.3) is 10.0 Å². The number of hydrogen-bond donors (Lipinski definition) is 0.